The molecule has 2 saturated heterocycles. The van der Waals surface area contributed by atoms with Crippen LogP contribution in [-0.4, -0.2) is 35.9 Å². The molecule has 1 aromatic carbocycles. The largest absolute Gasteiger partial charge is 0.489 e. The monoisotopic (exact) mass is 412 g/mol. The second kappa shape index (κ2) is 7.04. The Kier molecular flexibility index (Phi) is 4.83. The minimum atomic E-state index is -4.50. The first kappa shape index (κ1) is 19.2. The minimum absolute atomic E-state index is 0.107. The molecule has 0 N–H and O–H groups in total. The van der Waals surface area contributed by atoms with Gasteiger partial charge in [-0.15, -0.1) is 0 Å². The molecule has 3 heterocycles. The van der Waals surface area contributed by atoms with Gasteiger partial charge in [-0.05, 0) is 49.2 Å². The summed E-state index contributed by atoms with van der Waals surface area (Å²) in [6.45, 7) is 0. The molecule has 0 radical (unpaired) electrons. The summed E-state index contributed by atoms with van der Waals surface area (Å²) in [5.41, 5.74) is -0.863. The van der Waals surface area contributed by atoms with Crippen LogP contribution in [0.25, 0.3) is 0 Å². The van der Waals surface area contributed by atoms with Gasteiger partial charge < -0.3 is 4.74 Å². The lowest BCUT2D eigenvalue weighted by Crippen LogP contribution is -2.49. The fraction of sp³-hybridized carbons (Fsp3) is 0.421. The maximum Gasteiger partial charge on any atom is 0.416 e. The lowest BCUT2D eigenvalue weighted by molar-refractivity contribution is -0.137. The molecule has 2 aliphatic rings. The highest BCUT2D eigenvalue weighted by atomic mass is 32.2. The van der Waals surface area contributed by atoms with Gasteiger partial charge in [-0.3, -0.25) is 4.98 Å². The van der Waals surface area contributed by atoms with Crippen molar-refractivity contribution in [3.8, 4) is 5.75 Å². The molecule has 2 bridgehead atoms. The molecule has 2 atom stereocenters. The predicted octanol–water partition coefficient (Wildman–Crippen LogP) is 3.86. The van der Waals surface area contributed by atoms with E-state index in [2.05, 4.69) is 4.98 Å². The van der Waals surface area contributed by atoms with Gasteiger partial charge in [-0.2, -0.15) is 17.5 Å². The van der Waals surface area contributed by atoms with Gasteiger partial charge in [-0.25, -0.2) is 8.42 Å². The average Bonchev–Trinajstić information content (AvgIpc) is 2.94. The number of nitrogens with zero attached hydrogens (tertiary/aromatic N) is 2. The topological polar surface area (TPSA) is 59.5 Å². The number of hydrogen-bond acceptors (Lipinski definition) is 4. The Hall–Kier alpha value is -2.13. The zero-order valence-electron chi connectivity index (χ0n) is 14.8. The maximum absolute atomic E-state index is 13.1. The van der Waals surface area contributed by atoms with Gasteiger partial charge in [0.25, 0.3) is 0 Å². The van der Waals surface area contributed by atoms with Crippen LogP contribution in [0, 0.1) is 0 Å². The molecule has 0 aliphatic carbocycles. The number of hydrogen-bond donors (Lipinski definition) is 0. The van der Waals surface area contributed by atoms with Crippen LogP contribution in [0.5, 0.6) is 5.75 Å². The second-order valence-electron chi connectivity index (χ2n) is 7.14. The van der Waals surface area contributed by atoms with E-state index in [0.29, 0.717) is 18.6 Å². The van der Waals surface area contributed by atoms with Crippen molar-refractivity contribution in [2.75, 3.05) is 0 Å². The summed E-state index contributed by atoms with van der Waals surface area (Å²) in [6.07, 6.45) is 1.19. The second-order valence-corrected chi connectivity index (χ2v) is 8.99. The normalized spacial score (nSPS) is 25.6. The Labute approximate surface area is 161 Å². The molecule has 2 aromatic rings. The highest BCUT2D eigenvalue weighted by Gasteiger charge is 2.48. The summed E-state index contributed by atoms with van der Waals surface area (Å²) >= 11 is 0. The van der Waals surface area contributed by atoms with Gasteiger partial charge in [0.15, 0.2) is 0 Å². The van der Waals surface area contributed by atoms with Crippen molar-refractivity contribution in [1.29, 1.82) is 0 Å². The molecular weight excluding hydrogens is 393 g/mol. The lowest BCUT2D eigenvalue weighted by Gasteiger charge is -2.37. The Morgan fingerprint density at radius 2 is 1.68 bits per heavy atom. The third-order valence-electron chi connectivity index (χ3n) is 5.32. The third-order valence-corrected chi connectivity index (χ3v) is 7.34. The van der Waals surface area contributed by atoms with Gasteiger partial charge in [0, 0.05) is 31.1 Å². The predicted molar refractivity (Wildman–Crippen MR) is 95.2 cm³/mol. The van der Waals surface area contributed by atoms with E-state index in [-0.39, 0.29) is 23.1 Å². The Balaban J connectivity index is 1.52. The van der Waals surface area contributed by atoms with Crippen molar-refractivity contribution in [3.05, 3.63) is 54.4 Å². The highest BCUT2D eigenvalue weighted by Crippen LogP contribution is 2.41. The Morgan fingerprint density at radius 3 is 2.21 bits per heavy atom. The van der Waals surface area contributed by atoms with E-state index in [9.17, 15) is 21.6 Å². The molecule has 4 rings (SSSR count). The molecule has 0 spiro atoms. The van der Waals surface area contributed by atoms with Crippen LogP contribution >= 0.6 is 0 Å². The van der Waals surface area contributed by atoms with E-state index in [1.807, 2.05) is 0 Å². The number of alkyl halides is 3. The van der Waals surface area contributed by atoms with Crippen LogP contribution in [0.3, 0.4) is 0 Å². The van der Waals surface area contributed by atoms with Crippen LogP contribution in [0.2, 0.25) is 0 Å². The standard InChI is InChI=1S/C19H19F3N2O3S/c20-19(21,22)13-3-7-18(8-4-13)28(25,26)24-14-5-6-15(24)11-17(10-14)27-16-2-1-9-23-12-16/h1-4,7-9,12,14-15,17H,5-6,10-11H2. The number of piperidine rings is 1. The number of pyridine rings is 1. The highest BCUT2D eigenvalue weighted by molar-refractivity contribution is 7.89. The number of fused-ring (bicyclic) bond motifs is 2. The van der Waals surface area contributed by atoms with E-state index in [1.54, 1.807) is 24.5 Å². The van der Waals surface area contributed by atoms with Crippen LogP contribution in [0.4, 0.5) is 13.2 Å². The number of benzene rings is 1. The SMILES string of the molecule is O=S(=O)(c1ccc(C(F)(F)F)cc1)N1C2CCC1CC(Oc1cccnc1)C2. The van der Waals surface area contributed by atoms with Crippen LogP contribution in [0.1, 0.15) is 31.2 Å². The van der Waals surface area contributed by atoms with E-state index < -0.39 is 21.8 Å². The quantitative estimate of drug-likeness (QED) is 0.765. The first-order chi connectivity index (χ1) is 13.2. The van der Waals surface area contributed by atoms with E-state index in [1.165, 1.54) is 4.31 Å². The van der Waals surface area contributed by atoms with E-state index >= 15 is 0 Å². The van der Waals surface area contributed by atoms with Crippen molar-refractivity contribution < 1.29 is 26.3 Å². The third kappa shape index (κ3) is 3.60. The van der Waals surface area contributed by atoms with Crippen molar-refractivity contribution in [1.82, 2.24) is 9.29 Å². The molecule has 9 heteroatoms. The van der Waals surface area contributed by atoms with E-state index in [4.69, 9.17) is 4.74 Å². The summed E-state index contributed by atoms with van der Waals surface area (Å²) in [4.78, 5) is 3.90. The first-order valence-corrected chi connectivity index (χ1v) is 10.5. The van der Waals surface area contributed by atoms with Gasteiger partial charge in [-0.1, -0.05) is 0 Å². The van der Waals surface area contributed by atoms with Gasteiger partial charge in [0.1, 0.15) is 11.9 Å². The average molecular weight is 412 g/mol. The summed E-state index contributed by atoms with van der Waals surface area (Å²) in [7, 11) is -3.86. The molecule has 2 fully saturated rings. The van der Waals surface area contributed by atoms with Crippen molar-refractivity contribution in [3.63, 3.8) is 0 Å². The lowest BCUT2D eigenvalue weighted by atomic mass is 10.0. The van der Waals surface area contributed by atoms with Crippen molar-refractivity contribution in [2.45, 2.75) is 54.9 Å². The fourth-order valence-electron chi connectivity index (χ4n) is 4.12. The zero-order chi connectivity index (χ0) is 19.9. The van der Waals surface area contributed by atoms with Crippen LogP contribution in [0.15, 0.2) is 53.7 Å². The summed E-state index contributed by atoms with van der Waals surface area (Å²) in [5.74, 6) is 0.644. The number of ether oxygens (including phenoxy) is 1. The molecule has 1 aromatic heterocycles. The fourth-order valence-corrected chi connectivity index (χ4v) is 6.01. The van der Waals surface area contributed by atoms with Gasteiger partial charge in [0.2, 0.25) is 10.0 Å². The van der Waals surface area contributed by atoms with Gasteiger partial charge >= 0.3 is 6.18 Å². The molecule has 0 saturated carbocycles. The maximum atomic E-state index is 13.1. The summed E-state index contributed by atoms with van der Waals surface area (Å²) in [5, 5.41) is 0. The molecule has 0 amide bonds. The first-order valence-electron chi connectivity index (χ1n) is 9.02. The Bertz CT molecular complexity index is 919. The smallest absolute Gasteiger partial charge is 0.416 e. The number of rotatable bonds is 4. The Morgan fingerprint density at radius 1 is 1.04 bits per heavy atom. The number of halogens is 3. The van der Waals surface area contributed by atoms with Crippen molar-refractivity contribution in [2.24, 2.45) is 0 Å². The van der Waals surface area contributed by atoms with Gasteiger partial charge in [0.05, 0.1) is 16.7 Å². The summed E-state index contributed by atoms with van der Waals surface area (Å²) < 4.78 is 71.8. The molecular formula is C19H19F3N2O3S. The van der Waals surface area contributed by atoms with Crippen molar-refractivity contribution >= 4 is 10.0 Å². The molecule has 2 aliphatic heterocycles. The minimum Gasteiger partial charge on any atom is -0.489 e. The van der Waals surface area contributed by atoms with Crippen LogP contribution in [-0.2, 0) is 16.2 Å². The van der Waals surface area contributed by atoms with Crippen LogP contribution < -0.4 is 4.74 Å². The summed E-state index contributed by atoms with van der Waals surface area (Å²) in [6, 6.07) is 6.85. The molecule has 150 valence electrons. The number of aromatic nitrogens is 1. The zero-order valence-corrected chi connectivity index (χ0v) is 15.7. The number of sulfonamides is 1. The molecule has 28 heavy (non-hydrogen) atoms. The van der Waals surface area contributed by atoms with E-state index in [0.717, 1.165) is 37.1 Å². The molecule has 2 unspecified atom stereocenters. The molecule has 5 nitrogen and oxygen atoms in total.